The first-order valence-corrected chi connectivity index (χ1v) is 9.42. The lowest BCUT2D eigenvalue weighted by Gasteiger charge is -2.34. The number of carbonyl (C=O) groups excluding carboxylic acids is 1. The summed E-state index contributed by atoms with van der Waals surface area (Å²) in [4.78, 5) is 31.8. The van der Waals surface area contributed by atoms with Crippen molar-refractivity contribution in [3.8, 4) is 0 Å². The zero-order valence-corrected chi connectivity index (χ0v) is 15.1. The third kappa shape index (κ3) is 3.60. The molecule has 4 rings (SSSR count). The topological polar surface area (TPSA) is 79.0 Å². The molecule has 27 heavy (non-hydrogen) atoms. The highest BCUT2D eigenvalue weighted by molar-refractivity contribution is 6.04. The molecule has 138 valence electrons. The van der Waals surface area contributed by atoms with E-state index in [0.29, 0.717) is 23.0 Å². The maximum atomic E-state index is 13.5. The quantitative estimate of drug-likeness (QED) is 0.772. The van der Waals surface area contributed by atoms with Crippen molar-refractivity contribution in [2.75, 3.05) is 0 Å². The molecule has 0 bridgehead atoms. The highest BCUT2D eigenvalue weighted by Crippen LogP contribution is 2.26. The lowest BCUT2D eigenvalue weighted by Crippen LogP contribution is -2.42. The molecule has 6 nitrogen and oxygen atoms in total. The molecule has 0 spiro atoms. The van der Waals surface area contributed by atoms with E-state index in [9.17, 15) is 9.59 Å². The van der Waals surface area contributed by atoms with E-state index in [1.165, 1.54) is 6.42 Å². The van der Waals surface area contributed by atoms with Gasteiger partial charge in [0.05, 0.1) is 17.6 Å². The Morgan fingerprint density at radius 3 is 2.52 bits per heavy atom. The summed E-state index contributed by atoms with van der Waals surface area (Å²) in [6.07, 6.45) is 7.17. The molecule has 1 N–H and O–H groups in total. The Hall–Kier alpha value is -3.02. The van der Waals surface area contributed by atoms with Crippen molar-refractivity contribution >= 4 is 16.7 Å². The van der Waals surface area contributed by atoms with Crippen molar-refractivity contribution in [2.24, 2.45) is 0 Å². The average Bonchev–Trinajstić information content (AvgIpc) is 2.73. The van der Waals surface area contributed by atoms with Crippen LogP contribution >= 0.6 is 0 Å². The molecule has 6 heteroatoms. The number of amides is 1. The molecule has 3 aromatic rings. The Morgan fingerprint density at radius 1 is 1.04 bits per heavy atom. The van der Waals surface area contributed by atoms with Gasteiger partial charge in [-0.1, -0.05) is 43.5 Å². The largest absolute Gasteiger partial charge is 0.328 e. The maximum Gasteiger partial charge on any atom is 0.275 e. The Labute approximate surface area is 157 Å². The number of hydrogen-bond donors (Lipinski definition) is 1. The summed E-state index contributed by atoms with van der Waals surface area (Å²) in [6, 6.07) is 13.0. The molecule has 1 aromatic carbocycles. The van der Waals surface area contributed by atoms with E-state index in [4.69, 9.17) is 0 Å². The van der Waals surface area contributed by atoms with Crippen LogP contribution < -0.4 is 5.56 Å². The Balaban J connectivity index is 1.74. The minimum atomic E-state index is -0.281. The summed E-state index contributed by atoms with van der Waals surface area (Å²) in [6.45, 7) is 0.444. The van der Waals surface area contributed by atoms with E-state index in [1.54, 1.807) is 24.4 Å². The van der Waals surface area contributed by atoms with Gasteiger partial charge in [-0.15, -0.1) is 0 Å². The number of pyridine rings is 1. The summed E-state index contributed by atoms with van der Waals surface area (Å²) in [5.74, 6) is -0.153. The molecule has 0 saturated heterocycles. The number of carbonyl (C=O) groups is 1. The number of hydrogen-bond acceptors (Lipinski definition) is 4. The van der Waals surface area contributed by atoms with Crippen LogP contribution in [0, 0.1) is 0 Å². The first-order chi connectivity index (χ1) is 13.2. The number of aromatic nitrogens is 3. The van der Waals surface area contributed by atoms with Crippen LogP contribution in [-0.2, 0) is 6.54 Å². The number of fused-ring (bicyclic) bond motifs is 1. The molecule has 2 aromatic heterocycles. The fourth-order valence-electron chi connectivity index (χ4n) is 3.84. The predicted octanol–water partition coefficient (Wildman–Crippen LogP) is 3.29. The van der Waals surface area contributed by atoms with Gasteiger partial charge in [0.2, 0.25) is 0 Å². The van der Waals surface area contributed by atoms with Gasteiger partial charge in [-0.25, -0.2) is 5.10 Å². The number of benzene rings is 1. The summed E-state index contributed by atoms with van der Waals surface area (Å²) < 4.78 is 0. The number of rotatable bonds is 4. The highest BCUT2D eigenvalue weighted by atomic mass is 16.2. The second kappa shape index (κ2) is 7.70. The van der Waals surface area contributed by atoms with Crippen LogP contribution in [0.3, 0.4) is 0 Å². The SMILES string of the molecule is O=C(c1n[nH]c(=O)c2ccccc12)N(Cc1ccccn1)C1CCCCC1. The average molecular weight is 362 g/mol. The predicted molar refractivity (Wildman–Crippen MR) is 103 cm³/mol. The van der Waals surface area contributed by atoms with Crippen LogP contribution in [-0.4, -0.2) is 32.0 Å². The summed E-state index contributed by atoms with van der Waals surface area (Å²) >= 11 is 0. The molecule has 1 aliphatic carbocycles. The van der Waals surface area contributed by atoms with Crippen LogP contribution in [0.1, 0.15) is 48.3 Å². The van der Waals surface area contributed by atoms with Crippen LogP contribution in [0.5, 0.6) is 0 Å². The number of H-pyrrole nitrogens is 1. The summed E-state index contributed by atoms with van der Waals surface area (Å²) in [5, 5.41) is 7.67. The number of nitrogens with zero attached hydrogens (tertiary/aromatic N) is 3. The third-order valence-electron chi connectivity index (χ3n) is 5.23. The molecule has 0 unspecified atom stereocenters. The van der Waals surface area contributed by atoms with E-state index in [-0.39, 0.29) is 17.5 Å². The first kappa shape index (κ1) is 17.4. The Bertz CT molecular complexity index is 994. The molecule has 0 atom stereocenters. The summed E-state index contributed by atoms with van der Waals surface area (Å²) in [7, 11) is 0. The molecule has 1 saturated carbocycles. The minimum absolute atomic E-state index is 0.153. The number of aromatic amines is 1. The molecule has 0 radical (unpaired) electrons. The van der Waals surface area contributed by atoms with E-state index in [1.807, 2.05) is 29.2 Å². The van der Waals surface area contributed by atoms with E-state index >= 15 is 0 Å². The van der Waals surface area contributed by atoms with Crippen LogP contribution in [0.25, 0.3) is 10.8 Å². The van der Waals surface area contributed by atoms with Crippen LogP contribution in [0.15, 0.2) is 53.5 Å². The third-order valence-corrected chi connectivity index (χ3v) is 5.23. The second-order valence-electron chi connectivity index (χ2n) is 6.99. The standard InChI is InChI=1S/C21H22N4O2/c26-20-18-12-5-4-11-17(18)19(23-24-20)21(27)25(16-9-2-1-3-10-16)14-15-8-6-7-13-22-15/h4-8,11-13,16H,1-3,9-10,14H2,(H,24,26). The van der Waals surface area contributed by atoms with Gasteiger partial charge in [0, 0.05) is 17.6 Å². The van der Waals surface area contributed by atoms with Crippen LogP contribution in [0.2, 0.25) is 0 Å². The number of nitrogens with one attached hydrogen (secondary N) is 1. The van der Waals surface area contributed by atoms with Crippen molar-refractivity contribution in [2.45, 2.75) is 44.7 Å². The fourth-order valence-corrected chi connectivity index (χ4v) is 3.84. The van der Waals surface area contributed by atoms with Gasteiger partial charge in [0.15, 0.2) is 5.69 Å². The smallest absolute Gasteiger partial charge is 0.275 e. The molecular weight excluding hydrogens is 340 g/mol. The van der Waals surface area contributed by atoms with Gasteiger partial charge >= 0.3 is 0 Å². The minimum Gasteiger partial charge on any atom is -0.328 e. The van der Waals surface area contributed by atoms with Gasteiger partial charge in [-0.3, -0.25) is 14.6 Å². The van der Waals surface area contributed by atoms with E-state index < -0.39 is 0 Å². The zero-order valence-electron chi connectivity index (χ0n) is 15.1. The second-order valence-corrected chi connectivity index (χ2v) is 6.99. The van der Waals surface area contributed by atoms with Crippen LogP contribution in [0.4, 0.5) is 0 Å². The van der Waals surface area contributed by atoms with Gasteiger partial charge in [0.1, 0.15) is 0 Å². The van der Waals surface area contributed by atoms with Gasteiger partial charge in [-0.05, 0) is 31.0 Å². The van der Waals surface area contributed by atoms with Crippen molar-refractivity contribution < 1.29 is 4.79 Å². The highest BCUT2D eigenvalue weighted by Gasteiger charge is 2.29. The van der Waals surface area contributed by atoms with Gasteiger partial charge in [0.25, 0.3) is 11.5 Å². The first-order valence-electron chi connectivity index (χ1n) is 9.42. The van der Waals surface area contributed by atoms with Crippen molar-refractivity contribution in [1.82, 2.24) is 20.1 Å². The lowest BCUT2D eigenvalue weighted by atomic mass is 9.93. The monoisotopic (exact) mass is 362 g/mol. The lowest BCUT2D eigenvalue weighted by molar-refractivity contribution is 0.0606. The normalized spacial score (nSPS) is 15.0. The van der Waals surface area contributed by atoms with Crippen molar-refractivity contribution in [3.05, 3.63) is 70.4 Å². The Morgan fingerprint density at radius 2 is 1.78 bits per heavy atom. The maximum absolute atomic E-state index is 13.5. The van der Waals surface area contributed by atoms with Crippen molar-refractivity contribution in [3.63, 3.8) is 0 Å². The fraction of sp³-hybridized carbons (Fsp3) is 0.333. The zero-order chi connectivity index (χ0) is 18.6. The molecule has 0 aliphatic heterocycles. The molecule has 1 aliphatic rings. The Kier molecular flexibility index (Phi) is 4.96. The molecule has 1 amide bonds. The molecular formula is C21H22N4O2. The van der Waals surface area contributed by atoms with Gasteiger partial charge in [-0.2, -0.15) is 5.10 Å². The van der Waals surface area contributed by atoms with E-state index in [2.05, 4.69) is 15.2 Å². The summed E-state index contributed by atoms with van der Waals surface area (Å²) in [5.41, 5.74) is 0.868. The molecule has 2 heterocycles. The molecule has 1 fully saturated rings. The van der Waals surface area contributed by atoms with E-state index in [0.717, 1.165) is 31.4 Å². The van der Waals surface area contributed by atoms with Crippen molar-refractivity contribution in [1.29, 1.82) is 0 Å². The van der Waals surface area contributed by atoms with Gasteiger partial charge < -0.3 is 4.90 Å².